The zero-order chi connectivity index (χ0) is 23.5. The summed E-state index contributed by atoms with van der Waals surface area (Å²) in [5.41, 5.74) is 4.78. The Hall–Kier alpha value is -4.65. The van der Waals surface area contributed by atoms with E-state index in [-0.39, 0.29) is 6.04 Å². The molecule has 0 aliphatic carbocycles. The van der Waals surface area contributed by atoms with E-state index >= 15 is 0 Å². The molecule has 10 nitrogen and oxygen atoms in total. The third-order valence-electron chi connectivity index (χ3n) is 5.28. The van der Waals surface area contributed by atoms with Crippen LogP contribution < -0.4 is 5.32 Å². The van der Waals surface area contributed by atoms with Crippen molar-refractivity contribution in [1.82, 2.24) is 39.7 Å². The summed E-state index contributed by atoms with van der Waals surface area (Å²) in [5, 5.41) is 26.5. The Balaban J connectivity index is 1.46. The number of nitrogens with zero attached hydrogens (tertiary/aromatic N) is 9. The van der Waals surface area contributed by atoms with E-state index in [1.54, 1.807) is 35.5 Å². The molecular formula is C24H22N10. The first-order valence-corrected chi connectivity index (χ1v) is 10.9. The molecule has 0 amide bonds. The molecule has 5 heterocycles. The van der Waals surface area contributed by atoms with Crippen LogP contribution in [0.1, 0.15) is 25.0 Å². The van der Waals surface area contributed by atoms with Gasteiger partial charge in [0.2, 0.25) is 0 Å². The van der Waals surface area contributed by atoms with Crippen LogP contribution in [0.4, 0.5) is 5.69 Å². The Morgan fingerprint density at radius 3 is 2.74 bits per heavy atom. The molecule has 34 heavy (non-hydrogen) atoms. The van der Waals surface area contributed by atoms with Crippen molar-refractivity contribution in [2.75, 3.05) is 5.32 Å². The molecule has 0 aliphatic rings. The van der Waals surface area contributed by atoms with Crippen LogP contribution in [0.3, 0.4) is 0 Å². The highest BCUT2D eigenvalue weighted by molar-refractivity contribution is 5.79. The molecule has 0 saturated heterocycles. The molecule has 10 heteroatoms. The zero-order valence-electron chi connectivity index (χ0n) is 18.8. The van der Waals surface area contributed by atoms with Gasteiger partial charge in [0.15, 0.2) is 11.5 Å². The summed E-state index contributed by atoms with van der Waals surface area (Å²) >= 11 is 0. The van der Waals surface area contributed by atoms with E-state index in [1.165, 1.54) is 11.8 Å². The largest absolute Gasteiger partial charge is 0.382 e. The van der Waals surface area contributed by atoms with Gasteiger partial charge in [0.05, 0.1) is 18.0 Å². The number of nitriles is 1. The highest BCUT2D eigenvalue weighted by Crippen LogP contribution is 2.28. The maximum Gasteiger partial charge on any atom is 0.164 e. The van der Waals surface area contributed by atoms with Crippen LogP contribution >= 0.6 is 0 Å². The molecular weight excluding hydrogens is 428 g/mol. The van der Waals surface area contributed by atoms with Gasteiger partial charge in [-0.15, -0.1) is 5.10 Å². The SMILES string of the molecule is CC(C)Nc1cc(-n2ncc3cc(C#N)cnc32)ncc1-c1cn(CCc2ccncc2)nn1. The molecule has 1 N–H and O–H groups in total. The van der Waals surface area contributed by atoms with Crippen LogP contribution in [0.5, 0.6) is 0 Å². The maximum absolute atomic E-state index is 9.12. The molecule has 0 radical (unpaired) electrons. The first kappa shape index (κ1) is 21.2. The van der Waals surface area contributed by atoms with E-state index in [2.05, 4.69) is 55.6 Å². The average molecular weight is 451 g/mol. The molecule has 0 unspecified atom stereocenters. The Kier molecular flexibility index (Phi) is 5.66. The Labute approximate surface area is 195 Å². The van der Waals surface area contributed by atoms with Crippen molar-refractivity contribution < 1.29 is 0 Å². The molecule has 5 rings (SSSR count). The number of aromatic nitrogens is 8. The van der Waals surface area contributed by atoms with Crippen LogP contribution in [0.15, 0.2) is 61.4 Å². The minimum absolute atomic E-state index is 0.196. The fourth-order valence-electron chi connectivity index (χ4n) is 3.67. The summed E-state index contributed by atoms with van der Waals surface area (Å²) in [6, 6.07) is 9.99. The minimum Gasteiger partial charge on any atom is -0.382 e. The standard InChI is InChI=1S/C24H22N10/c1-16(2)30-21-10-23(34-24-19(13-29-34)9-18(11-25)12-28-24)27-14-20(21)22-15-33(32-31-22)8-5-17-3-6-26-7-4-17/h3-4,6-7,9-10,12-16H,5,8H2,1-2H3,(H,27,30). The molecule has 168 valence electrons. The van der Waals surface area contributed by atoms with Gasteiger partial charge in [0.25, 0.3) is 0 Å². The number of fused-ring (bicyclic) bond motifs is 1. The first-order chi connectivity index (χ1) is 16.6. The third kappa shape index (κ3) is 4.31. The zero-order valence-corrected chi connectivity index (χ0v) is 18.8. The Morgan fingerprint density at radius 1 is 1.09 bits per heavy atom. The van der Waals surface area contributed by atoms with E-state index in [9.17, 15) is 0 Å². The smallest absolute Gasteiger partial charge is 0.164 e. The molecule has 5 aromatic rings. The van der Waals surface area contributed by atoms with Crippen LogP contribution in [0, 0.1) is 11.3 Å². The summed E-state index contributed by atoms with van der Waals surface area (Å²) in [5.74, 6) is 0.615. The topological polar surface area (TPSA) is 123 Å². The molecule has 0 aliphatic heterocycles. The lowest BCUT2D eigenvalue weighted by Crippen LogP contribution is -2.12. The van der Waals surface area contributed by atoms with E-state index in [1.807, 2.05) is 29.1 Å². The molecule has 0 bridgehead atoms. The lowest BCUT2D eigenvalue weighted by molar-refractivity contribution is 0.589. The number of aryl methyl sites for hydroxylation is 2. The molecule has 0 spiro atoms. The quantitative estimate of drug-likeness (QED) is 0.400. The van der Waals surface area contributed by atoms with Crippen molar-refractivity contribution in [3.8, 4) is 23.1 Å². The third-order valence-corrected chi connectivity index (χ3v) is 5.28. The van der Waals surface area contributed by atoms with Gasteiger partial charge >= 0.3 is 0 Å². The van der Waals surface area contributed by atoms with Gasteiger partial charge in [-0.3, -0.25) is 9.67 Å². The molecule has 0 saturated carbocycles. The number of nitrogens with one attached hydrogen (secondary N) is 1. The van der Waals surface area contributed by atoms with Crippen molar-refractivity contribution in [3.63, 3.8) is 0 Å². The van der Waals surface area contributed by atoms with Gasteiger partial charge in [-0.2, -0.15) is 15.0 Å². The summed E-state index contributed by atoms with van der Waals surface area (Å²) in [7, 11) is 0. The maximum atomic E-state index is 9.12. The predicted octanol–water partition coefficient (Wildman–Crippen LogP) is 3.40. The second kappa shape index (κ2) is 9.07. The van der Waals surface area contributed by atoms with Crippen molar-refractivity contribution in [2.45, 2.75) is 32.9 Å². The van der Waals surface area contributed by atoms with E-state index in [0.29, 0.717) is 23.6 Å². The molecule has 0 atom stereocenters. The van der Waals surface area contributed by atoms with Crippen LogP contribution in [-0.4, -0.2) is 45.8 Å². The Morgan fingerprint density at radius 2 is 1.94 bits per heavy atom. The van der Waals surface area contributed by atoms with Gasteiger partial charge in [-0.05, 0) is 44.0 Å². The number of hydrogen-bond acceptors (Lipinski definition) is 8. The number of hydrogen-bond donors (Lipinski definition) is 1. The lowest BCUT2D eigenvalue weighted by Gasteiger charge is -2.14. The van der Waals surface area contributed by atoms with Gasteiger partial charge < -0.3 is 5.32 Å². The van der Waals surface area contributed by atoms with E-state index < -0.39 is 0 Å². The molecule has 0 aromatic carbocycles. The fraction of sp³-hybridized carbons (Fsp3) is 0.208. The second-order valence-corrected chi connectivity index (χ2v) is 8.16. The first-order valence-electron chi connectivity index (χ1n) is 10.9. The van der Waals surface area contributed by atoms with E-state index in [0.717, 1.165) is 28.8 Å². The lowest BCUT2D eigenvalue weighted by atomic mass is 10.1. The van der Waals surface area contributed by atoms with Gasteiger partial charge in [0.1, 0.15) is 11.8 Å². The van der Waals surface area contributed by atoms with Gasteiger partial charge in [-0.25, -0.2) is 9.97 Å². The van der Waals surface area contributed by atoms with Crippen LogP contribution in [0.25, 0.3) is 28.1 Å². The van der Waals surface area contributed by atoms with Crippen molar-refractivity contribution >= 4 is 16.7 Å². The summed E-state index contributed by atoms with van der Waals surface area (Å²) in [6.07, 6.45) is 11.3. The second-order valence-electron chi connectivity index (χ2n) is 8.16. The van der Waals surface area contributed by atoms with Crippen LogP contribution in [0.2, 0.25) is 0 Å². The van der Waals surface area contributed by atoms with Crippen molar-refractivity contribution in [3.05, 3.63) is 72.6 Å². The van der Waals surface area contributed by atoms with Crippen molar-refractivity contribution in [1.29, 1.82) is 5.26 Å². The molecule has 0 fully saturated rings. The van der Waals surface area contributed by atoms with Gasteiger partial charge in [-0.1, -0.05) is 5.21 Å². The summed E-state index contributed by atoms with van der Waals surface area (Å²) in [6.45, 7) is 4.86. The molecule has 5 aromatic heterocycles. The average Bonchev–Trinajstić information content (AvgIpc) is 3.50. The number of rotatable bonds is 7. The monoisotopic (exact) mass is 450 g/mol. The summed E-state index contributed by atoms with van der Waals surface area (Å²) < 4.78 is 3.50. The van der Waals surface area contributed by atoms with E-state index in [4.69, 9.17) is 5.26 Å². The Bertz CT molecular complexity index is 1480. The van der Waals surface area contributed by atoms with Crippen molar-refractivity contribution in [2.24, 2.45) is 0 Å². The van der Waals surface area contributed by atoms with Crippen LogP contribution in [-0.2, 0) is 13.0 Å². The summed E-state index contributed by atoms with van der Waals surface area (Å²) in [4.78, 5) is 13.1. The highest BCUT2D eigenvalue weighted by Gasteiger charge is 2.15. The number of pyridine rings is 3. The highest BCUT2D eigenvalue weighted by atomic mass is 15.4. The minimum atomic E-state index is 0.196. The normalized spacial score (nSPS) is 11.1. The fourth-order valence-corrected chi connectivity index (χ4v) is 3.67. The van der Waals surface area contributed by atoms with Gasteiger partial charge in [0, 0.05) is 60.1 Å². The number of anilines is 1. The predicted molar refractivity (Wildman–Crippen MR) is 127 cm³/mol.